The van der Waals surface area contributed by atoms with E-state index in [0.717, 1.165) is 42.5 Å². The fourth-order valence-electron chi connectivity index (χ4n) is 4.11. The van der Waals surface area contributed by atoms with Crippen molar-refractivity contribution in [1.29, 1.82) is 0 Å². The Morgan fingerprint density at radius 1 is 1.17 bits per heavy atom. The molecule has 0 aliphatic heterocycles. The number of carbonyl (C=O) groups excluding carboxylic acids is 1. The number of nitrogens with one attached hydrogen (secondary N) is 1. The van der Waals surface area contributed by atoms with Gasteiger partial charge in [-0.2, -0.15) is 5.10 Å². The zero-order chi connectivity index (χ0) is 25.9. The van der Waals surface area contributed by atoms with E-state index in [1.54, 1.807) is 0 Å². The maximum Gasteiger partial charge on any atom is 0.407 e. The maximum absolute atomic E-state index is 14.2. The molecule has 0 spiro atoms. The zero-order valence-corrected chi connectivity index (χ0v) is 21.1. The number of nitrogens with zero attached hydrogens (tertiary/aromatic N) is 4. The van der Waals surface area contributed by atoms with E-state index in [1.165, 1.54) is 24.8 Å². The molecule has 0 atom stereocenters. The van der Waals surface area contributed by atoms with Gasteiger partial charge in [0.25, 0.3) is 0 Å². The molecule has 36 heavy (non-hydrogen) atoms. The molecule has 1 aliphatic rings. The first-order valence-electron chi connectivity index (χ1n) is 11.7. The fraction of sp³-hybridized carbons (Fsp3) is 0.440. The minimum Gasteiger partial charge on any atom is -0.488 e. The standard InChI is InChI=1S/C25H28ClF2N5O3/c1-25(2,3)36-24(34)32-17-9-7-15(8-10-17)13-35-22-20(29-14-30-23(22)26)16-11-31-33(12-16)21-18(27)5-4-6-19(21)28/h4-6,11-12,14-15,17H,7-10,13H2,1-3H3,(H,32,34)/t15-,17+. The SMILES string of the molecule is CC(C)(C)OC(=O)N[C@H]1CC[C@@H](COc2c(Cl)ncnc2-c2cnn(-c3c(F)cccc3F)c2)CC1. The first-order valence-corrected chi connectivity index (χ1v) is 12.1. The molecule has 1 aromatic carbocycles. The van der Waals surface area contributed by atoms with Crippen molar-refractivity contribution in [2.75, 3.05) is 6.61 Å². The van der Waals surface area contributed by atoms with Gasteiger partial charge in [0.15, 0.2) is 22.5 Å². The summed E-state index contributed by atoms with van der Waals surface area (Å²) in [6, 6.07) is 3.66. The topological polar surface area (TPSA) is 91.2 Å². The molecule has 1 fully saturated rings. The van der Waals surface area contributed by atoms with Crippen LogP contribution in [0.4, 0.5) is 13.6 Å². The number of benzene rings is 1. The van der Waals surface area contributed by atoms with Crippen LogP contribution in [0.2, 0.25) is 5.15 Å². The number of carbonyl (C=O) groups is 1. The second kappa shape index (κ2) is 10.8. The number of ether oxygens (including phenoxy) is 2. The van der Waals surface area contributed by atoms with Crippen molar-refractivity contribution in [2.24, 2.45) is 5.92 Å². The highest BCUT2D eigenvalue weighted by Gasteiger charge is 2.26. The molecule has 0 saturated heterocycles. The molecule has 2 aromatic heterocycles. The lowest BCUT2D eigenvalue weighted by Crippen LogP contribution is -2.41. The summed E-state index contributed by atoms with van der Waals surface area (Å²) in [4.78, 5) is 20.3. The molecule has 1 amide bonds. The number of rotatable bonds is 6. The van der Waals surface area contributed by atoms with Crippen LogP contribution in [0.25, 0.3) is 16.9 Å². The van der Waals surface area contributed by atoms with E-state index < -0.39 is 23.3 Å². The first kappa shape index (κ1) is 25.8. The van der Waals surface area contributed by atoms with Crippen LogP contribution < -0.4 is 10.1 Å². The average molecular weight is 520 g/mol. The molecule has 3 aromatic rings. The van der Waals surface area contributed by atoms with Crippen molar-refractivity contribution in [3.8, 4) is 22.7 Å². The van der Waals surface area contributed by atoms with Crippen molar-refractivity contribution in [1.82, 2.24) is 25.1 Å². The molecule has 11 heteroatoms. The summed E-state index contributed by atoms with van der Waals surface area (Å²) in [5.74, 6) is -0.944. The molecular formula is C25H28ClF2N5O3. The molecular weight excluding hydrogens is 492 g/mol. The van der Waals surface area contributed by atoms with Crippen LogP contribution in [0, 0.1) is 17.6 Å². The van der Waals surface area contributed by atoms with E-state index in [-0.39, 0.29) is 28.5 Å². The fourth-order valence-corrected chi connectivity index (χ4v) is 4.30. The third-order valence-corrected chi connectivity index (χ3v) is 6.08. The summed E-state index contributed by atoms with van der Waals surface area (Å²) in [5, 5.41) is 7.15. The van der Waals surface area contributed by atoms with Gasteiger partial charge in [-0.3, -0.25) is 0 Å². The van der Waals surface area contributed by atoms with Gasteiger partial charge >= 0.3 is 6.09 Å². The number of alkyl carbamates (subject to hydrolysis) is 1. The smallest absolute Gasteiger partial charge is 0.407 e. The quantitative estimate of drug-likeness (QED) is 0.419. The molecule has 0 unspecified atom stereocenters. The minimum atomic E-state index is -0.737. The molecule has 2 heterocycles. The van der Waals surface area contributed by atoms with E-state index in [1.807, 2.05) is 20.8 Å². The number of para-hydroxylation sites is 1. The van der Waals surface area contributed by atoms with Gasteiger partial charge in [-0.25, -0.2) is 28.2 Å². The Balaban J connectivity index is 1.40. The van der Waals surface area contributed by atoms with E-state index in [4.69, 9.17) is 21.1 Å². The molecule has 1 aliphatic carbocycles. The Morgan fingerprint density at radius 3 is 2.53 bits per heavy atom. The summed E-state index contributed by atoms with van der Waals surface area (Å²) in [6.07, 6.45) is 7.10. The van der Waals surface area contributed by atoms with Gasteiger partial charge in [-0.1, -0.05) is 17.7 Å². The summed E-state index contributed by atoms with van der Waals surface area (Å²) < 4.78 is 40.9. The van der Waals surface area contributed by atoms with Crippen molar-refractivity contribution >= 4 is 17.7 Å². The largest absolute Gasteiger partial charge is 0.488 e. The first-order chi connectivity index (χ1) is 17.1. The number of amides is 1. The van der Waals surface area contributed by atoms with Crippen LogP contribution in [0.15, 0.2) is 36.9 Å². The van der Waals surface area contributed by atoms with Crippen molar-refractivity contribution in [3.63, 3.8) is 0 Å². The average Bonchev–Trinajstić information content (AvgIpc) is 3.27. The highest BCUT2D eigenvalue weighted by atomic mass is 35.5. The predicted molar refractivity (Wildman–Crippen MR) is 130 cm³/mol. The monoisotopic (exact) mass is 519 g/mol. The highest BCUT2D eigenvalue weighted by Crippen LogP contribution is 2.35. The Kier molecular flexibility index (Phi) is 7.73. The van der Waals surface area contributed by atoms with Crippen molar-refractivity contribution < 1.29 is 23.0 Å². The van der Waals surface area contributed by atoms with Crippen LogP contribution in [0.1, 0.15) is 46.5 Å². The normalized spacial score (nSPS) is 18.1. The lowest BCUT2D eigenvalue weighted by Gasteiger charge is -2.30. The van der Waals surface area contributed by atoms with Gasteiger partial charge in [0.2, 0.25) is 0 Å². The summed E-state index contributed by atoms with van der Waals surface area (Å²) in [5.41, 5.74) is 0.0210. The number of aromatic nitrogens is 4. The van der Waals surface area contributed by atoms with Gasteiger partial charge in [0.05, 0.1) is 12.8 Å². The molecule has 4 rings (SSSR count). The van der Waals surface area contributed by atoms with Crippen molar-refractivity contribution in [3.05, 3.63) is 53.7 Å². The van der Waals surface area contributed by atoms with Crippen LogP contribution >= 0.6 is 11.6 Å². The molecule has 1 saturated carbocycles. The number of hydrogen-bond acceptors (Lipinski definition) is 6. The van der Waals surface area contributed by atoms with Crippen LogP contribution in [-0.2, 0) is 4.74 Å². The lowest BCUT2D eigenvalue weighted by molar-refractivity contribution is 0.0483. The molecule has 0 bridgehead atoms. The Labute approximate surface area is 213 Å². The highest BCUT2D eigenvalue weighted by molar-refractivity contribution is 6.31. The van der Waals surface area contributed by atoms with E-state index in [2.05, 4.69) is 20.4 Å². The molecule has 8 nitrogen and oxygen atoms in total. The Morgan fingerprint density at radius 2 is 1.86 bits per heavy atom. The van der Waals surface area contributed by atoms with Gasteiger partial charge in [-0.05, 0) is 64.5 Å². The maximum atomic E-state index is 14.2. The van der Waals surface area contributed by atoms with Gasteiger partial charge < -0.3 is 14.8 Å². The van der Waals surface area contributed by atoms with Crippen LogP contribution in [-0.4, -0.2) is 44.1 Å². The molecule has 192 valence electrons. The number of hydrogen-bond donors (Lipinski definition) is 1. The second-order valence-corrected chi connectivity index (χ2v) is 10.1. The third-order valence-electron chi connectivity index (χ3n) is 5.81. The second-order valence-electron chi connectivity index (χ2n) is 9.76. The van der Waals surface area contributed by atoms with Crippen LogP contribution in [0.3, 0.4) is 0 Å². The zero-order valence-electron chi connectivity index (χ0n) is 20.3. The molecule has 0 radical (unpaired) electrons. The van der Waals surface area contributed by atoms with Gasteiger partial charge in [0, 0.05) is 17.8 Å². The van der Waals surface area contributed by atoms with E-state index >= 15 is 0 Å². The Bertz CT molecular complexity index is 1200. The molecule has 1 N–H and O–H groups in total. The minimum absolute atomic E-state index is 0.0555. The summed E-state index contributed by atoms with van der Waals surface area (Å²) in [7, 11) is 0. The van der Waals surface area contributed by atoms with E-state index in [9.17, 15) is 13.6 Å². The Hall–Kier alpha value is -3.27. The third kappa shape index (κ3) is 6.29. The lowest BCUT2D eigenvalue weighted by atomic mass is 9.86. The van der Waals surface area contributed by atoms with Gasteiger partial charge in [0.1, 0.15) is 23.3 Å². The predicted octanol–water partition coefficient (Wildman–Crippen LogP) is 5.72. The van der Waals surface area contributed by atoms with Gasteiger partial charge in [-0.15, -0.1) is 0 Å². The van der Waals surface area contributed by atoms with E-state index in [0.29, 0.717) is 17.9 Å². The summed E-state index contributed by atoms with van der Waals surface area (Å²) in [6.45, 7) is 5.87. The number of halogens is 3. The van der Waals surface area contributed by atoms with Crippen LogP contribution in [0.5, 0.6) is 5.75 Å². The summed E-state index contributed by atoms with van der Waals surface area (Å²) >= 11 is 6.32. The van der Waals surface area contributed by atoms with Crippen molar-refractivity contribution in [2.45, 2.75) is 58.1 Å².